The van der Waals surface area contributed by atoms with Gasteiger partial charge in [0.25, 0.3) is 5.91 Å². The third kappa shape index (κ3) is 4.15. The molecule has 8 heteroatoms. The number of amides is 2. The Labute approximate surface area is 151 Å². The Balaban J connectivity index is 1.57. The Morgan fingerprint density at radius 2 is 1.85 bits per heavy atom. The summed E-state index contributed by atoms with van der Waals surface area (Å²) in [5.41, 5.74) is 1.22. The number of carbonyl (C=O) groups excluding carboxylic acids is 2. The number of piperazine rings is 1. The predicted molar refractivity (Wildman–Crippen MR) is 95.6 cm³/mol. The van der Waals surface area contributed by atoms with E-state index in [2.05, 4.69) is 20.2 Å². The highest BCUT2D eigenvalue weighted by Gasteiger charge is 2.28. The first-order valence-corrected chi connectivity index (χ1v) is 8.45. The van der Waals surface area contributed by atoms with Crippen LogP contribution in [0, 0.1) is 0 Å². The molecule has 0 bridgehead atoms. The number of aromatic nitrogens is 2. The minimum Gasteiger partial charge on any atom is -0.394 e. The Kier molecular flexibility index (Phi) is 5.75. The molecular weight excluding hydrogens is 334 g/mol. The molecular formula is C18H21N5O3. The van der Waals surface area contributed by atoms with E-state index in [4.69, 9.17) is 0 Å². The maximum atomic E-state index is 12.6. The molecule has 2 aromatic rings. The lowest BCUT2D eigenvalue weighted by Gasteiger charge is -2.37. The van der Waals surface area contributed by atoms with Crippen LogP contribution in [0.4, 0.5) is 5.69 Å². The fraction of sp³-hybridized carbons (Fsp3) is 0.333. The van der Waals surface area contributed by atoms with Crippen molar-refractivity contribution in [3.8, 4) is 0 Å². The Hall–Kier alpha value is -3.00. The second-order valence-electron chi connectivity index (χ2n) is 5.95. The molecule has 1 fully saturated rings. The molecule has 8 nitrogen and oxygen atoms in total. The van der Waals surface area contributed by atoms with Crippen molar-refractivity contribution < 1.29 is 14.7 Å². The number of benzene rings is 1. The third-order valence-electron chi connectivity index (χ3n) is 4.29. The first-order chi connectivity index (χ1) is 12.7. The van der Waals surface area contributed by atoms with Gasteiger partial charge in [0.2, 0.25) is 5.91 Å². The van der Waals surface area contributed by atoms with Gasteiger partial charge in [-0.2, -0.15) is 0 Å². The van der Waals surface area contributed by atoms with Crippen LogP contribution in [0.2, 0.25) is 0 Å². The number of anilines is 1. The van der Waals surface area contributed by atoms with Crippen molar-refractivity contribution >= 4 is 17.5 Å². The number of para-hydroxylation sites is 1. The summed E-state index contributed by atoms with van der Waals surface area (Å²) in [4.78, 5) is 36.4. The zero-order valence-corrected chi connectivity index (χ0v) is 14.3. The molecule has 2 amide bonds. The maximum absolute atomic E-state index is 12.6. The Morgan fingerprint density at radius 1 is 1.12 bits per heavy atom. The van der Waals surface area contributed by atoms with Crippen molar-refractivity contribution in [1.82, 2.24) is 20.2 Å². The second kappa shape index (κ2) is 8.39. The lowest BCUT2D eigenvalue weighted by Crippen LogP contribution is -2.56. The summed E-state index contributed by atoms with van der Waals surface area (Å²) in [6.07, 6.45) is 4.16. The molecule has 1 unspecified atom stereocenters. The van der Waals surface area contributed by atoms with Gasteiger partial charge in [-0.05, 0) is 12.1 Å². The molecule has 136 valence electrons. The van der Waals surface area contributed by atoms with Crippen LogP contribution in [0.25, 0.3) is 0 Å². The number of nitrogens with zero attached hydrogens (tertiary/aromatic N) is 4. The van der Waals surface area contributed by atoms with Gasteiger partial charge in [-0.3, -0.25) is 14.6 Å². The van der Waals surface area contributed by atoms with Crippen LogP contribution in [0.15, 0.2) is 48.9 Å². The second-order valence-corrected chi connectivity index (χ2v) is 5.95. The summed E-state index contributed by atoms with van der Waals surface area (Å²) < 4.78 is 0. The SMILES string of the molecule is O=C(NC(CO)C(=O)N1CCN(c2ccccc2)CC1)c1cnccn1. The molecule has 26 heavy (non-hydrogen) atoms. The summed E-state index contributed by atoms with van der Waals surface area (Å²) in [5, 5.41) is 12.1. The molecule has 3 rings (SSSR count). The van der Waals surface area contributed by atoms with Gasteiger partial charge in [-0.25, -0.2) is 4.98 Å². The van der Waals surface area contributed by atoms with Gasteiger partial charge < -0.3 is 20.2 Å². The minimum atomic E-state index is -0.993. The van der Waals surface area contributed by atoms with Crippen LogP contribution < -0.4 is 10.2 Å². The van der Waals surface area contributed by atoms with E-state index in [1.165, 1.54) is 18.6 Å². The van der Waals surface area contributed by atoms with E-state index >= 15 is 0 Å². The molecule has 1 aromatic heterocycles. The largest absolute Gasteiger partial charge is 0.394 e. The molecule has 1 saturated heterocycles. The van der Waals surface area contributed by atoms with Gasteiger partial charge in [0, 0.05) is 44.3 Å². The summed E-state index contributed by atoms with van der Waals surface area (Å²) in [6, 6.07) is 9.01. The highest BCUT2D eigenvalue weighted by atomic mass is 16.3. The topological polar surface area (TPSA) is 98.7 Å². The number of aliphatic hydroxyl groups is 1. The number of hydrogen-bond donors (Lipinski definition) is 2. The van der Waals surface area contributed by atoms with Gasteiger partial charge in [0.1, 0.15) is 11.7 Å². The normalized spacial score (nSPS) is 15.4. The zero-order chi connectivity index (χ0) is 18.4. The van der Waals surface area contributed by atoms with E-state index in [0.717, 1.165) is 5.69 Å². The number of aliphatic hydroxyl groups excluding tert-OH is 1. The van der Waals surface area contributed by atoms with E-state index in [-0.39, 0.29) is 11.6 Å². The average molecular weight is 355 g/mol. The van der Waals surface area contributed by atoms with Gasteiger partial charge in [0.05, 0.1) is 12.8 Å². The molecule has 1 aliphatic rings. The molecule has 0 spiro atoms. The van der Waals surface area contributed by atoms with E-state index in [1.807, 2.05) is 30.3 Å². The lowest BCUT2D eigenvalue weighted by molar-refractivity contribution is -0.134. The van der Waals surface area contributed by atoms with E-state index in [9.17, 15) is 14.7 Å². The van der Waals surface area contributed by atoms with Crippen molar-refractivity contribution in [2.24, 2.45) is 0 Å². The number of rotatable bonds is 5. The molecule has 1 atom stereocenters. The van der Waals surface area contributed by atoms with Crippen LogP contribution in [-0.4, -0.2) is 70.6 Å². The Bertz CT molecular complexity index is 733. The van der Waals surface area contributed by atoms with Crippen molar-refractivity contribution in [2.75, 3.05) is 37.7 Å². The van der Waals surface area contributed by atoms with Gasteiger partial charge in [0.15, 0.2) is 0 Å². The van der Waals surface area contributed by atoms with E-state index < -0.39 is 18.6 Å². The van der Waals surface area contributed by atoms with Gasteiger partial charge >= 0.3 is 0 Å². The average Bonchev–Trinajstić information content (AvgIpc) is 2.72. The van der Waals surface area contributed by atoms with Crippen molar-refractivity contribution in [1.29, 1.82) is 0 Å². The predicted octanol–water partition coefficient (Wildman–Crippen LogP) is -0.0839. The molecule has 0 radical (unpaired) electrons. The van der Waals surface area contributed by atoms with Crippen LogP contribution in [-0.2, 0) is 4.79 Å². The number of carbonyl (C=O) groups is 2. The van der Waals surface area contributed by atoms with E-state index in [1.54, 1.807) is 4.90 Å². The van der Waals surface area contributed by atoms with Crippen LogP contribution in [0.3, 0.4) is 0 Å². The summed E-state index contributed by atoms with van der Waals surface area (Å²) in [7, 11) is 0. The van der Waals surface area contributed by atoms with Crippen molar-refractivity contribution in [3.05, 3.63) is 54.6 Å². The maximum Gasteiger partial charge on any atom is 0.272 e. The summed E-state index contributed by atoms with van der Waals surface area (Å²) in [5.74, 6) is -0.828. The number of hydrogen-bond acceptors (Lipinski definition) is 6. The van der Waals surface area contributed by atoms with Gasteiger partial charge in [-0.15, -0.1) is 0 Å². The first-order valence-electron chi connectivity index (χ1n) is 8.45. The van der Waals surface area contributed by atoms with Crippen LogP contribution in [0.1, 0.15) is 10.5 Å². The zero-order valence-electron chi connectivity index (χ0n) is 14.3. The third-order valence-corrected chi connectivity index (χ3v) is 4.29. The fourth-order valence-electron chi connectivity index (χ4n) is 2.88. The molecule has 1 aromatic carbocycles. The van der Waals surface area contributed by atoms with Crippen LogP contribution >= 0.6 is 0 Å². The molecule has 2 heterocycles. The lowest BCUT2D eigenvalue weighted by atomic mass is 10.2. The first kappa shape index (κ1) is 17.8. The van der Waals surface area contributed by atoms with Crippen molar-refractivity contribution in [3.63, 3.8) is 0 Å². The van der Waals surface area contributed by atoms with Crippen molar-refractivity contribution in [2.45, 2.75) is 6.04 Å². The highest BCUT2D eigenvalue weighted by Crippen LogP contribution is 2.16. The molecule has 1 aliphatic heterocycles. The molecule has 0 aliphatic carbocycles. The molecule has 0 saturated carbocycles. The summed E-state index contributed by atoms with van der Waals surface area (Å²) in [6.45, 7) is 2.00. The highest BCUT2D eigenvalue weighted by molar-refractivity contribution is 5.96. The Morgan fingerprint density at radius 3 is 2.46 bits per heavy atom. The van der Waals surface area contributed by atoms with Gasteiger partial charge in [-0.1, -0.05) is 18.2 Å². The van der Waals surface area contributed by atoms with E-state index in [0.29, 0.717) is 26.2 Å². The summed E-state index contributed by atoms with van der Waals surface area (Å²) >= 11 is 0. The minimum absolute atomic E-state index is 0.104. The monoisotopic (exact) mass is 355 g/mol. The smallest absolute Gasteiger partial charge is 0.272 e. The molecule has 2 N–H and O–H groups in total. The quantitative estimate of drug-likeness (QED) is 0.778. The van der Waals surface area contributed by atoms with Crippen LogP contribution in [0.5, 0.6) is 0 Å². The number of nitrogens with one attached hydrogen (secondary N) is 1. The fourth-order valence-corrected chi connectivity index (χ4v) is 2.88. The standard InChI is InChI=1S/C18H21N5O3/c24-13-16(21-17(25)15-12-19-6-7-20-15)18(26)23-10-8-22(9-11-23)14-4-2-1-3-5-14/h1-7,12,16,24H,8-11,13H2,(H,21,25).